The molecule has 0 saturated heterocycles. The molecule has 0 amide bonds. The van der Waals surface area contributed by atoms with Gasteiger partial charge in [-0.3, -0.25) is 0 Å². The summed E-state index contributed by atoms with van der Waals surface area (Å²) in [6.07, 6.45) is 3.85. The lowest BCUT2D eigenvalue weighted by molar-refractivity contribution is 0.141. The standard InChI is InChI=1S/C19H21N5O2/c1-10-7-12(8-14(10)25)22-18-15-19(21-9-20-18)24-17(23-15)13-4-2-3-11-5-6-26-16(11)13/h2-4,9-10,12,14,25H,5-8H2,1H3,(H2,20,21,22,23,24)/t10-,12+,14-/m0/s1. The molecule has 0 spiro atoms. The van der Waals surface area contributed by atoms with E-state index in [1.807, 2.05) is 12.1 Å². The zero-order valence-corrected chi connectivity index (χ0v) is 14.6. The molecule has 3 aromatic rings. The van der Waals surface area contributed by atoms with Gasteiger partial charge in [-0.25, -0.2) is 15.0 Å². The average Bonchev–Trinajstić information content (AvgIpc) is 3.34. The molecule has 1 fully saturated rings. The number of nitrogens with zero attached hydrogens (tertiary/aromatic N) is 3. The molecular formula is C19H21N5O2. The van der Waals surface area contributed by atoms with Gasteiger partial charge in [0, 0.05) is 12.5 Å². The van der Waals surface area contributed by atoms with E-state index < -0.39 is 0 Å². The molecule has 0 unspecified atom stereocenters. The van der Waals surface area contributed by atoms with Gasteiger partial charge in [-0.2, -0.15) is 0 Å². The van der Waals surface area contributed by atoms with Crippen molar-refractivity contribution in [3.05, 3.63) is 30.1 Å². The van der Waals surface area contributed by atoms with Crippen LogP contribution in [0.2, 0.25) is 0 Å². The summed E-state index contributed by atoms with van der Waals surface area (Å²) in [5, 5.41) is 13.4. The quantitative estimate of drug-likeness (QED) is 0.671. The van der Waals surface area contributed by atoms with Crippen LogP contribution < -0.4 is 10.1 Å². The Morgan fingerprint density at radius 1 is 1.27 bits per heavy atom. The SMILES string of the molecule is C[C@H]1C[C@@H](Nc2ncnc3nc(-c4cccc5c4OCC5)[nH]c23)C[C@@H]1O. The Kier molecular flexibility index (Phi) is 3.56. The smallest absolute Gasteiger partial charge is 0.183 e. The van der Waals surface area contributed by atoms with Gasteiger partial charge in [-0.1, -0.05) is 19.1 Å². The number of rotatable bonds is 3. The van der Waals surface area contributed by atoms with Gasteiger partial charge in [0.2, 0.25) is 0 Å². The lowest BCUT2D eigenvalue weighted by atomic mass is 10.1. The highest BCUT2D eigenvalue weighted by atomic mass is 16.5. The highest BCUT2D eigenvalue weighted by molar-refractivity contribution is 5.86. The highest BCUT2D eigenvalue weighted by Gasteiger charge is 2.30. The van der Waals surface area contributed by atoms with E-state index in [4.69, 9.17) is 4.74 Å². The summed E-state index contributed by atoms with van der Waals surface area (Å²) >= 11 is 0. The maximum atomic E-state index is 9.99. The molecule has 5 rings (SSSR count). The molecular weight excluding hydrogens is 330 g/mol. The fraction of sp³-hybridized carbons (Fsp3) is 0.421. The molecule has 0 bridgehead atoms. The van der Waals surface area contributed by atoms with E-state index in [1.54, 1.807) is 0 Å². The van der Waals surface area contributed by atoms with E-state index in [0.717, 1.165) is 47.7 Å². The molecule has 7 heteroatoms. The van der Waals surface area contributed by atoms with Gasteiger partial charge in [-0.05, 0) is 30.4 Å². The van der Waals surface area contributed by atoms with Crippen LogP contribution in [0.5, 0.6) is 5.75 Å². The minimum Gasteiger partial charge on any atom is -0.492 e. The van der Waals surface area contributed by atoms with Crippen molar-refractivity contribution in [3.8, 4) is 17.1 Å². The number of ether oxygens (including phenoxy) is 1. The van der Waals surface area contributed by atoms with Gasteiger partial charge >= 0.3 is 0 Å². The predicted molar refractivity (Wildman–Crippen MR) is 98.1 cm³/mol. The Hall–Kier alpha value is -2.67. The van der Waals surface area contributed by atoms with Gasteiger partial charge in [-0.15, -0.1) is 0 Å². The molecule has 0 radical (unpaired) electrons. The molecule has 2 aliphatic rings. The molecule has 1 aliphatic carbocycles. The second kappa shape index (κ2) is 5.95. The van der Waals surface area contributed by atoms with Crippen LogP contribution in [0, 0.1) is 5.92 Å². The van der Waals surface area contributed by atoms with Gasteiger partial charge in [0.1, 0.15) is 23.4 Å². The number of anilines is 1. The molecule has 1 saturated carbocycles. The van der Waals surface area contributed by atoms with Crippen molar-refractivity contribution in [1.29, 1.82) is 0 Å². The summed E-state index contributed by atoms with van der Waals surface area (Å²) in [4.78, 5) is 16.7. The summed E-state index contributed by atoms with van der Waals surface area (Å²) in [6.45, 7) is 2.79. The van der Waals surface area contributed by atoms with Crippen LogP contribution in [0.4, 0.5) is 5.82 Å². The average molecular weight is 351 g/mol. The fourth-order valence-corrected chi connectivity index (χ4v) is 4.00. The van der Waals surface area contributed by atoms with Crippen molar-refractivity contribution < 1.29 is 9.84 Å². The van der Waals surface area contributed by atoms with E-state index in [9.17, 15) is 5.11 Å². The van der Waals surface area contributed by atoms with Crippen LogP contribution in [0.3, 0.4) is 0 Å². The predicted octanol–water partition coefficient (Wildman–Crippen LogP) is 2.53. The number of aliphatic hydroxyl groups is 1. The molecule has 1 aromatic carbocycles. The first-order valence-corrected chi connectivity index (χ1v) is 9.09. The Balaban J connectivity index is 1.52. The van der Waals surface area contributed by atoms with E-state index in [2.05, 4.69) is 38.2 Å². The molecule has 3 heterocycles. The summed E-state index contributed by atoms with van der Waals surface area (Å²) in [5.74, 6) is 2.67. The maximum Gasteiger partial charge on any atom is 0.183 e. The van der Waals surface area contributed by atoms with Crippen LogP contribution in [0.15, 0.2) is 24.5 Å². The molecule has 2 aromatic heterocycles. The first-order valence-electron chi connectivity index (χ1n) is 9.09. The number of aromatic amines is 1. The molecule has 7 nitrogen and oxygen atoms in total. The van der Waals surface area contributed by atoms with Gasteiger partial charge in [0.25, 0.3) is 0 Å². The van der Waals surface area contributed by atoms with Crippen molar-refractivity contribution in [2.45, 2.75) is 38.3 Å². The van der Waals surface area contributed by atoms with E-state index in [-0.39, 0.29) is 12.1 Å². The van der Waals surface area contributed by atoms with E-state index in [1.165, 1.54) is 11.9 Å². The lowest BCUT2D eigenvalue weighted by Crippen LogP contribution is -2.17. The largest absolute Gasteiger partial charge is 0.492 e. The number of imidazole rings is 1. The monoisotopic (exact) mass is 351 g/mol. The molecule has 3 atom stereocenters. The lowest BCUT2D eigenvalue weighted by Gasteiger charge is -2.12. The molecule has 134 valence electrons. The minimum atomic E-state index is -0.258. The zero-order valence-electron chi connectivity index (χ0n) is 14.6. The Morgan fingerprint density at radius 3 is 3.04 bits per heavy atom. The Bertz CT molecular complexity index is 960. The first kappa shape index (κ1) is 15.6. The summed E-state index contributed by atoms with van der Waals surface area (Å²) in [7, 11) is 0. The normalized spacial score (nSPS) is 24.6. The van der Waals surface area contributed by atoms with Crippen molar-refractivity contribution in [3.63, 3.8) is 0 Å². The third-order valence-corrected chi connectivity index (χ3v) is 5.44. The summed E-state index contributed by atoms with van der Waals surface area (Å²) in [6, 6.07) is 6.34. The second-order valence-electron chi connectivity index (χ2n) is 7.26. The van der Waals surface area contributed by atoms with Crippen LogP contribution in [0.1, 0.15) is 25.3 Å². The molecule has 26 heavy (non-hydrogen) atoms. The van der Waals surface area contributed by atoms with Gasteiger partial charge in [0.15, 0.2) is 11.5 Å². The number of benzene rings is 1. The van der Waals surface area contributed by atoms with E-state index in [0.29, 0.717) is 18.2 Å². The highest BCUT2D eigenvalue weighted by Crippen LogP contribution is 2.36. The van der Waals surface area contributed by atoms with Crippen molar-refractivity contribution in [2.75, 3.05) is 11.9 Å². The maximum absolute atomic E-state index is 9.99. The summed E-state index contributed by atoms with van der Waals surface area (Å²) < 4.78 is 5.80. The van der Waals surface area contributed by atoms with Crippen LogP contribution in [0.25, 0.3) is 22.6 Å². The third-order valence-electron chi connectivity index (χ3n) is 5.44. The zero-order chi connectivity index (χ0) is 17.7. The number of fused-ring (bicyclic) bond motifs is 2. The number of aliphatic hydroxyl groups excluding tert-OH is 1. The first-order chi connectivity index (χ1) is 12.7. The van der Waals surface area contributed by atoms with Gasteiger partial charge < -0.3 is 20.1 Å². The van der Waals surface area contributed by atoms with Crippen LogP contribution in [-0.4, -0.2) is 43.8 Å². The topological polar surface area (TPSA) is 96.0 Å². The van der Waals surface area contributed by atoms with Gasteiger partial charge in [0.05, 0.1) is 18.3 Å². The molecule has 3 N–H and O–H groups in total. The van der Waals surface area contributed by atoms with Crippen LogP contribution in [-0.2, 0) is 6.42 Å². The third kappa shape index (κ3) is 2.50. The van der Waals surface area contributed by atoms with Crippen molar-refractivity contribution in [1.82, 2.24) is 19.9 Å². The Labute approximate surface area is 150 Å². The van der Waals surface area contributed by atoms with E-state index >= 15 is 0 Å². The number of H-pyrrole nitrogens is 1. The number of aromatic nitrogens is 4. The molecule has 1 aliphatic heterocycles. The number of hydrogen-bond acceptors (Lipinski definition) is 6. The second-order valence-corrected chi connectivity index (χ2v) is 7.26. The Morgan fingerprint density at radius 2 is 2.19 bits per heavy atom. The number of hydrogen-bond donors (Lipinski definition) is 3. The summed E-state index contributed by atoms with van der Waals surface area (Å²) in [5.41, 5.74) is 3.57. The van der Waals surface area contributed by atoms with Crippen LogP contribution >= 0.6 is 0 Å². The van der Waals surface area contributed by atoms with Crippen molar-refractivity contribution >= 4 is 17.0 Å². The number of nitrogens with one attached hydrogen (secondary N) is 2. The fourth-order valence-electron chi connectivity index (χ4n) is 4.00. The van der Waals surface area contributed by atoms with Crippen molar-refractivity contribution in [2.24, 2.45) is 5.92 Å². The minimum absolute atomic E-state index is 0.203. The number of para-hydroxylation sites is 1.